The molecule has 0 saturated heterocycles. The molecule has 3 rings (SSSR count). The topological polar surface area (TPSA) is 140 Å². The summed E-state index contributed by atoms with van der Waals surface area (Å²) in [6, 6.07) is 11.4. The van der Waals surface area contributed by atoms with Crippen molar-refractivity contribution in [1.82, 2.24) is 9.97 Å². The van der Waals surface area contributed by atoms with E-state index in [-0.39, 0.29) is 23.4 Å². The molecule has 0 aliphatic rings. The number of aliphatic imine (C=N–C) groups is 1. The zero-order valence-electron chi connectivity index (χ0n) is 13.9. The number of aromatic nitrogens is 2. The summed E-state index contributed by atoms with van der Waals surface area (Å²) in [5.74, 6) is 0.528. The molecule has 26 heavy (non-hydrogen) atoms. The van der Waals surface area contributed by atoms with E-state index >= 15 is 0 Å². The monoisotopic (exact) mass is 351 g/mol. The van der Waals surface area contributed by atoms with Crippen molar-refractivity contribution in [2.45, 2.75) is 0 Å². The van der Waals surface area contributed by atoms with Gasteiger partial charge in [-0.15, -0.1) is 0 Å². The maximum Gasteiger partial charge on any atom is 0.253 e. The van der Waals surface area contributed by atoms with E-state index in [1.165, 1.54) is 13.2 Å². The molecule has 0 radical (unpaired) electrons. The maximum absolute atomic E-state index is 10.4. The Morgan fingerprint density at radius 3 is 2.38 bits per heavy atom. The van der Waals surface area contributed by atoms with Gasteiger partial charge in [-0.05, 0) is 29.8 Å². The van der Waals surface area contributed by atoms with Gasteiger partial charge in [-0.25, -0.2) is 9.97 Å². The van der Waals surface area contributed by atoms with E-state index in [1.54, 1.807) is 42.6 Å². The number of benzene rings is 2. The number of nitrogens with two attached hydrogens (primary N) is 2. The van der Waals surface area contributed by atoms with Crippen LogP contribution < -0.4 is 16.2 Å². The fraction of sp³-hybridized carbons (Fsp3) is 0.0556. The third-order valence-corrected chi connectivity index (χ3v) is 3.64. The quantitative estimate of drug-likeness (QED) is 0.417. The van der Waals surface area contributed by atoms with Gasteiger partial charge in [-0.3, -0.25) is 0 Å². The third kappa shape index (κ3) is 3.48. The minimum Gasteiger partial charge on any atom is -0.508 e. The molecule has 1 heterocycles. The Balaban J connectivity index is 2.22. The molecule has 0 aliphatic heterocycles. The summed E-state index contributed by atoms with van der Waals surface area (Å²) < 4.78 is 5.11. The number of methoxy groups -OCH3 is 1. The predicted molar refractivity (Wildman–Crippen MR) is 98.3 cm³/mol. The number of nitrogens with zero attached hydrogens (tertiary/aromatic N) is 3. The van der Waals surface area contributed by atoms with Crippen LogP contribution in [0.25, 0.3) is 22.4 Å². The molecule has 132 valence electrons. The number of phenols is 2. The van der Waals surface area contributed by atoms with Gasteiger partial charge >= 0.3 is 0 Å². The van der Waals surface area contributed by atoms with Crippen LogP contribution in [0.3, 0.4) is 0 Å². The summed E-state index contributed by atoms with van der Waals surface area (Å²) in [6.45, 7) is 0. The lowest BCUT2D eigenvalue weighted by atomic mass is 10.00. The molecule has 0 spiro atoms. The second-order valence-electron chi connectivity index (χ2n) is 5.40. The zero-order chi connectivity index (χ0) is 18.7. The van der Waals surface area contributed by atoms with E-state index in [0.29, 0.717) is 22.6 Å². The largest absolute Gasteiger partial charge is 0.508 e. The average molecular weight is 351 g/mol. The van der Waals surface area contributed by atoms with Crippen LogP contribution in [0, 0.1) is 0 Å². The first kappa shape index (κ1) is 17.0. The highest BCUT2D eigenvalue weighted by Crippen LogP contribution is 2.38. The van der Waals surface area contributed by atoms with Crippen molar-refractivity contribution in [3.63, 3.8) is 0 Å². The second-order valence-corrected chi connectivity index (χ2v) is 5.40. The van der Waals surface area contributed by atoms with Gasteiger partial charge < -0.3 is 26.4 Å². The molecule has 0 atom stereocenters. The fourth-order valence-electron chi connectivity index (χ4n) is 2.44. The highest BCUT2D eigenvalue weighted by Gasteiger charge is 2.15. The predicted octanol–water partition coefficient (Wildman–Crippen LogP) is 2.14. The lowest BCUT2D eigenvalue weighted by Gasteiger charge is -2.12. The Hall–Kier alpha value is -3.81. The summed E-state index contributed by atoms with van der Waals surface area (Å²) >= 11 is 0. The summed E-state index contributed by atoms with van der Waals surface area (Å²) in [6.07, 6.45) is 1.56. The smallest absolute Gasteiger partial charge is 0.253 e. The highest BCUT2D eigenvalue weighted by molar-refractivity contribution is 5.84. The van der Waals surface area contributed by atoms with Crippen LogP contribution in [0.4, 0.5) is 5.95 Å². The van der Waals surface area contributed by atoms with Gasteiger partial charge in [-0.1, -0.05) is 12.1 Å². The molecule has 0 aliphatic carbocycles. The van der Waals surface area contributed by atoms with Gasteiger partial charge in [0.1, 0.15) is 17.2 Å². The standard InChI is InChI=1S/C18H17N5O3/c1-26-12-6-7-13(15(25)8-12)16-14(10-2-4-11(24)5-3-10)9-21-18(22-16)23-17(19)20/h2-9,24-25H,1H3,(H4,19,20,21,22,23). The highest BCUT2D eigenvalue weighted by atomic mass is 16.5. The van der Waals surface area contributed by atoms with Crippen LogP contribution in [0.15, 0.2) is 53.7 Å². The van der Waals surface area contributed by atoms with Crippen LogP contribution in [0.5, 0.6) is 17.2 Å². The molecule has 0 bridgehead atoms. The zero-order valence-corrected chi connectivity index (χ0v) is 13.9. The molecule has 8 heteroatoms. The molecule has 1 aromatic heterocycles. The molecule has 0 unspecified atom stereocenters. The van der Waals surface area contributed by atoms with E-state index < -0.39 is 0 Å². The first-order valence-corrected chi connectivity index (χ1v) is 7.61. The van der Waals surface area contributed by atoms with Crippen molar-refractivity contribution >= 4 is 11.9 Å². The van der Waals surface area contributed by atoms with Gasteiger partial charge in [-0.2, -0.15) is 4.99 Å². The van der Waals surface area contributed by atoms with E-state index in [9.17, 15) is 10.2 Å². The summed E-state index contributed by atoms with van der Waals surface area (Å²) in [4.78, 5) is 12.4. The molecule has 6 N–H and O–H groups in total. The molecule has 8 nitrogen and oxygen atoms in total. The van der Waals surface area contributed by atoms with Crippen LogP contribution in [-0.4, -0.2) is 33.3 Å². The first-order valence-electron chi connectivity index (χ1n) is 7.61. The van der Waals surface area contributed by atoms with Crippen molar-refractivity contribution in [1.29, 1.82) is 0 Å². The number of hydrogen-bond acceptors (Lipinski definition) is 6. The van der Waals surface area contributed by atoms with Crippen LogP contribution in [0.1, 0.15) is 0 Å². The number of phenolic OH excluding ortho intramolecular Hbond substituents is 2. The van der Waals surface area contributed by atoms with Crippen molar-refractivity contribution in [3.05, 3.63) is 48.7 Å². The first-order chi connectivity index (χ1) is 12.5. The molecule has 0 fully saturated rings. The molecule has 3 aromatic rings. The van der Waals surface area contributed by atoms with Gasteiger partial charge in [0.15, 0.2) is 5.96 Å². The number of aromatic hydroxyl groups is 2. The average Bonchev–Trinajstić information content (AvgIpc) is 2.62. The van der Waals surface area contributed by atoms with Gasteiger partial charge in [0.2, 0.25) is 0 Å². The fourth-order valence-corrected chi connectivity index (χ4v) is 2.44. The number of ether oxygens (including phenoxy) is 1. The molecular weight excluding hydrogens is 334 g/mol. The van der Waals surface area contributed by atoms with Crippen molar-refractivity contribution in [2.75, 3.05) is 7.11 Å². The van der Waals surface area contributed by atoms with E-state index in [4.69, 9.17) is 16.2 Å². The van der Waals surface area contributed by atoms with E-state index in [1.807, 2.05) is 0 Å². The molecular formula is C18H17N5O3. The van der Waals surface area contributed by atoms with E-state index in [2.05, 4.69) is 15.0 Å². The van der Waals surface area contributed by atoms with Crippen LogP contribution in [-0.2, 0) is 0 Å². The number of rotatable bonds is 4. The van der Waals surface area contributed by atoms with Crippen molar-refractivity contribution in [2.24, 2.45) is 16.5 Å². The molecule has 0 saturated carbocycles. The van der Waals surface area contributed by atoms with Crippen molar-refractivity contribution < 1.29 is 14.9 Å². The Morgan fingerprint density at radius 2 is 1.77 bits per heavy atom. The molecule has 0 amide bonds. The number of guanidine groups is 1. The Bertz CT molecular complexity index is 967. The summed E-state index contributed by atoms with van der Waals surface area (Å²) in [5.41, 5.74) is 13.1. The van der Waals surface area contributed by atoms with Crippen molar-refractivity contribution in [3.8, 4) is 39.6 Å². The van der Waals surface area contributed by atoms with Gasteiger partial charge in [0, 0.05) is 23.4 Å². The lowest BCUT2D eigenvalue weighted by molar-refractivity contribution is 0.408. The normalized spacial score (nSPS) is 10.3. The third-order valence-electron chi connectivity index (χ3n) is 3.64. The maximum atomic E-state index is 10.4. The minimum absolute atomic E-state index is 0.0151. The molecule has 2 aromatic carbocycles. The van der Waals surface area contributed by atoms with Gasteiger partial charge in [0.25, 0.3) is 5.95 Å². The Morgan fingerprint density at radius 1 is 1.04 bits per heavy atom. The SMILES string of the molecule is COc1ccc(-c2nc(N=C(N)N)ncc2-c2ccc(O)cc2)c(O)c1. The Kier molecular flexibility index (Phi) is 4.57. The van der Waals surface area contributed by atoms with Gasteiger partial charge in [0.05, 0.1) is 12.8 Å². The van der Waals surface area contributed by atoms with E-state index in [0.717, 1.165) is 5.56 Å². The second kappa shape index (κ2) is 6.98. The minimum atomic E-state index is -0.174. The van der Waals surface area contributed by atoms with Crippen LogP contribution >= 0.6 is 0 Å². The summed E-state index contributed by atoms with van der Waals surface area (Å²) in [7, 11) is 1.51. The Labute approximate surface area is 149 Å². The number of hydrogen-bond donors (Lipinski definition) is 4. The lowest BCUT2D eigenvalue weighted by Crippen LogP contribution is -2.22. The summed E-state index contributed by atoms with van der Waals surface area (Å²) in [5, 5.41) is 19.9. The van der Waals surface area contributed by atoms with Crippen LogP contribution in [0.2, 0.25) is 0 Å².